The molecule has 0 atom stereocenters. The SMILES string of the molecule is CCOc1cc(/C=C/C(=O)O)cc(Br)c1OCC(F)F. The minimum Gasteiger partial charge on any atom is -0.490 e. The zero-order chi connectivity index (χ0) is 15.1. The maximum absolute atomic E-state index is 12.2. The normalized spacial score (nSPS) is 11.1. The fraction of sp³-hybridized carbons (Fsp3) is 0.308. The molecule has 1 aromatic rings. The molecule has 0 saturated heterocycles. The van der Waals surface area contributed by atoms with Crippen LogP contribution in [0.5, 0.6) is 11.5 Å². The Kier molecular flexibility index (Phi) is 6.44. The van der Waals surface area contributed by atoms with Gasteiger partial charge >= 0.3 is 5.97 Å². The number of hydrogen-bond donors (Lipinski definition) is 1. The zero-order valence-electron chi connectivity index (χ0n) is 10.6. The lowest BCUT2D eigenvalue weighted by Gasteiger charge is -2.14. The Balaban J connectivity index is 3.07. The molecule has 0 spiro atoms. The average molecular weight is 351 g/mol. The summed E-state index contributed by atoms with van der Waals surface area (Å²) in [5.74, 6) is -0.649. The lowest BCUT2D eigenvalue weighted by Crippen LogP contribution is -2.09. The van der Waals surface area contributed by atoms with Crippen molar-refractivity contribution in [2.24, 2.45) is 0 Å². The zero-order valence-corrected chi connectivity index (χ0v) is 12.2. The fourth-order valence-electron chi connectivity index (χ4n) is 1.40. The number of carbonyl (C=O) groups is 1. The van der Waals surface area contributed by atoms with E-state index in [1.807, 2.05) is 0 Å². The third kappa shape index (κ3) is 5.16. The molecule has 7 heteroatoms. The van der Waals surface area contributed by atoms with Crippen molar-refractivity contribution in [1.82, 2.24) is 0 Å². The van der Waals surface area contributed by atoms with Gasteiger partial charge in [0, 0.05) is 6.08 Å². The summed E-state index contributed by atoms with van der Waals surface area (Å²) in [6.45, 7) is 1.32. The van der Waals surface area contributed by atoms with E-state index in [2.05, 4.69) is 15.9 Å². The first-order valence-corrected chi connectivity index (χ1v) is 6.51. The van der Waals surface area contributed by atoms with E-state index in [9.17, 15) is 13.6 Å². The first kappa shape index (κ1) is 16.4. The van der Waals surface area contributed by atoms with E-state index in [1.165, 1.54) is 12.1 Å². The Bertz CT molecular complexity index is 503. The molecule has 0 bridgehead atoms. The summed E-state index contributed by atoms with van der Waals surface area (Å²) in [6, 6.07) is 3.08. The highest BCUT2D eigenvalue weighted by Crippen LogP contribution is 2.37. The van der Waals surface area contributed by atoms with Gasteiger partial charge in [-0.15, -0.1) is 0 Å². The topological polar surface area (TPSA) is 55.8 Å². The molecule has 4 nitrogen and oxygen atoms in total. The summed E-state index contributed by atoms with van der Waals surface area (Å²) in [5, 5.41) is 8.58. The molecule has 1 aromatic carbocycles. The summed E-state index contributed by atoms with van der Waals surface area (Å²) in [5.41, 5.74) is 0.548. The highest BCUT2D eigenvalue weighted by Gasteiger charge is 2.14. The van der Waals surface area contributed by atoms with E-state index in [0.717, 1.165) is 6.08 Å². The first-order valence-electron chi connectivity index (χ1n) is 5.72. The van der Waals surface area contributed by atoms with E-state index in [0.29, 0.717) is 16.6 Å². The van der Waals surface area contributed by atoms with Crippen LogP contribution in [0.3, 0.4) is 0 Å². The van der Waals surface area contributed by atoms with Crippen molar-refractivity contribution in [2.45, 2.75) is 13.3 Å². The smallest absolute Gasteiger partial charge is 0.328 e. The highest BCUT2D eigenvalue weighted by molar-refractivity contribution is 9.10. The molecule has 110 valence electrons. The number of carboxylic acids is 1. The maximum atomic E-state index is 12.2. The van der Waals surface area contributed by atoms with Crippen LogP contribution in [-0.4, -0.2) is 30.7 Å². The van der Waals surface area contributed by atoms with E-state index in [-0.39, 0.29) is 11.5 Å². The van der Waals surface area contributed by atoms with Crippen LogP contribution in [0.15, 0.2) is 22.7 Å². The molecule has 0 saturated carbocycles. The van der Waals surface area contributed by atoms with Gasteiger partial charge in [0.25, 0.3) is 6.43 Å². The quantitative estimate of drug-likeness (QED) is 0.763. The van der Waals surface area contributed by atoms with Crippen molar-refractivity contribution < 1.29 is 28.2 Å². The van der Waals surface area contributed by atoms with E-state index in [1.54, 1.807) is 13.0 Å². The van der Waals surface area contributed by atoms with Crippen LogP contribution >= 0.6 is 15.9 Å². The lowest BCUT2D eigenvalue weighted by atomic mass is 10.2. The number of alkyl halides is 2. The molecule has 0 aliphatic rings. The number of halogens is 3. The highest BCUT2D eigenvalue weighted by atomic mass is 79.9. The van der Waals surface area contributed by atoms with Gasteiger partial charge in [-0.1, -0.05) is 0 Å². The Morgan fingerprint density at radius 1 is 1.45 bits per heavy atom. The third-order valence-corrected chi connectivity index (χ3v) is 2.69. The van der Waals surface area contributed by atoms with Crippen molar-refractivity contribution in [3.05, 3.63) is 28.2 Å². The van der Waals surface area contributed by atoms with Gasteiger partial charge in [-0.25, -0.2) is 13.6 Å². The number of benzene rings is 1. The van der Waals surface area contributed by atoms with Gasteiger partial charge in [0.05, 0.1) is 11.1 Å². The van der Waals surface area contributed by atoms with Crippen LogP contribution in [0.2, 0.25) is 0 Å². The minimum atomic E-state index is -2.59. The predicted molar refractivity (Wildman–Crippen MR) is 73.5 cm³/mol. The van der Waals surface area contributed by atoms with Crippen LogP contribution in [0.4, 0.5) is 8.78 Å². The summed E-state index contributed by atoms with van der Waals surface area (Å²) in [4.78, 5) is 10.5. The summed E-state index contributed by atoms with van der Waals surface area (Å²) < 4.78 is 35.1. The number of hydrogen-bond acceptors (Lipinski definition) is 3. The van der Waals surface area contributed by atoms with Gasteiger partial charge in [-0.05, 0) is 46.6 Å². The van der Waals surface area contributed by atoms with Gasteiger partial charge in [0.2, 0.25) is 0 Å². The second-order valence-electron chi connectivity index (χ2n) is 3.64. The van der Waals surface area contributed by atoms with Crippen molar-refractivity contribution in [2.75, 3.05) is 13.2 Å². The van der Waals surface area contributed by atoms with Gasteiger partial charge in [-0.3, -0.25) is 0 Å². The van der Waals surface area contributed by atoms with Gasteiger partial charge in [0.15, 0.2) is 11.5 Å². The Hall–Kier alpha value is -1.63. The maximum Gasteiger partial charge on any atom is 0.328 e. The molecule has 0 aromatic heterocycles. The van der Waals surface area contributed by atoms with Crippen LogP contribution in [0.25, 0.3) is 6.08 Å². The molecular weight excluding hydrogens is 338 g/mol. The fourth-order valence-corrected chi connectivity index (χ4v) is 1.98. The van der Waals surface area contributed by atoms with E-state index in [4.69, 9.17) is 14.6 Å². The molecule has 0 aliphatic heterocycles. The summed E-state index contributed by atoms with van der Waals surface area (Å²) in [6.07, 6.45) is -0.257. The van der Waals surface area contributed by atoms with E-state index < -0.39 is 19.0 Å². The molecule has 20 heavy (non-hydrogen) atoms. The van der Waals surface area contributed by atoms with Crippen LogP contribution in [-0.2, 0) is 4.79 Å². The molecule has 1 N–H and O–H groups in total. The number of rotatable bonds is 7. The van der Waals surface area contributed by atoms with Gasteiger partial charge in [-0.2, -0.15) is 0 Å². The molecule has 0 heterocycles. The van der Waals surface area contributed by atoms with Crippen molar-refractivity contribution in [3.8, 4) is 11.5 Å². The molecule has 1 rings (SSSR count). The van der Waals surface area contributed by atoms with Crippen LogP contribution in [0.1, 0.15) is 12.5 Å². The number of aliphatic carboxylic acids is 1. The predicted octanol–water partition coefficient (Wildman–Crippen LogP) is 3.59. The standard InChI is InChI=1S/C13H13BrF2O4/c1-2-19-10-6-8(3-4-12(17)18)5-9(14)13(10)20-7-11(15)16/h3-6,11H,2,7H2,1H3,(H,17,18)/b4-3+. The van der Waals surface area contributed by atoms with Gasteiger partial charge < -0.3 is 14.6 Å². The van der Waals surface area contributed by atoms with Crippen LogP contribution in [0, 0.1) is 0 Å². The van der Waals surface area contributed by atoms with E-state index >= 15 is 0 Å². The average Bonchev–Trinajstić information content (AvgIpc) is 2.35. The molecule has 0 radical (unpaired) electrons. The Labute approximate surface area is 123 Å². The molecular formula is C13H13BrF2O4. The largest absolute Gasteiger partial charge is 0.490 e. The second-order valence-corrected chi connectivity index (χ2v) is 4.49. The summed E-state index contributed by atoms with van der Waals surface area (Å²) >= 11 is 3.19. The van der Waals surface area contributed by atoms with Crippen molar-refractivity contribution in [1.29, 1.82) is 0 Å². The number of carboxylic acid groups (broad SMARTS) is 1. The molecule has 0 unspecified atom stereocenters. The lowest BCUT2D eigenvalue weighted by molar-refractivity contribution is -0.131. The second kappa shape index (κ2) is 7.84. The van der Waals surface area contributed by atoms with Crippen molar-refractivity contribution in [3.63, 3.8) is 0 Å². The Morgan fingerprint density at radius 2 is 2.15 bits per heavy atom. The first-order chi connectivity index (χ1) is 9.43. The summed E-state index contributed by atoms with van der Waals surface area (Å²) in [7, 11) is 0. The Morgan fingerprint density at radius 3 is 2.70 bits per heavy atom. The monoisotopic (exact) mass is 350 g/mol. The number of ether oxygens (including phenoxy) is 2. The van der Waals surface area contributed by atoms with Crippen molar-refractivity contribution >= 4 is 28.0 Å². The molecule has 0 aliphatic carbocycles. The third-order valence-electron chi connectivity index (χ3n) is 2.10. The van der Waals surface area contributed by atoms with Gasteiger partial charge in [0.1, 0.15) is 6.61 Å². The minimum absolute atomic E-state index is 0.166. The molecule has 0 fully saturated rings. The molecule has 0 amide bonds. The van der Waals surface area contributed by atoms with Crippen LogP contribution < -0.4 is 9.47 Å².